The van der Waals surface area contributed by atoms with Gasteiger partial charge < -0.3 is 4.74 Å². The molecule has 0 spiro atoms. The molecule has 1 aliphatic heterocycles. The van der Waals surface area contributed by atoms with E-state index in [1.807, 2.05) is 0 Å². The molecule has 2 heteroatoms. The van der Waals surface area contributed by atoms with Gasteiger partial charge in [-0.1, -0.05) is 97.3 Å². The van der Waals surface area contributed by atoms with Crippen molar-refractivity contribution in [2.45, 2.75) is 123 Å². The van der Waals surface area contributed by atoms with E-state index in [0.29, 0.717) is 0 Å². The minimum Gasteiger partial charge on any atom is -0.461 e. The fourth-order valence-corrected chi connectivity index (χ4v) is 3.59. The topological polar surface area (TPSA) is 26.3 Å². The number of carbonyl (C=O) groups excluding carboxylic acids is 1. The Morgan fingerprint density at radius 2 is 1.09 bits per heavy atom. The lowest BCUT2D eigenvalue weighted by Gasteiger charge is -2.35. The van der Waals surface area contributed by atoms with Crippen LogP contribution in [-0.2, 0) is 9.53 Å². The Labute approximate surface area is 144 Å². The lowest BCUT2D eigenvalue weighted by molar-refractivity contribution is -0.186. The van der Waals surface area contributed by atoms with Crippen molar-refractivity contribution in [1.82, 2.24) is 0 Å². The Hall–Kier alpha value is -0.530. The maximum atomic E-state index is 11.5. The molecule has 0 bridgehead atoms. The van der Waals surface area contributed by atoms with Crippen molar-refractivity contribution in [1.29, 1.82) is 0 Å². The van der Waals surface area contributed by atoms with Gasteiger partial charge in [-0.2, -0.15) is 0 Å². The van der Waals surface area contributed by atoms with Gasteiger partial charge in [0.05, 0.1) is 5.92 Å². The normalized spacial score (nSPS) is 20.3. The van der Waals surface area contributed by atoms with E-state index >= 15 is 0 Å². The van der Waals surface area contributed by atoms with Crippen LogP contribution < -0.4 is 0 Å². The van der Waals surface area contributed by atoms with E-state index in [2.05, 4.69) is 13.8 Å². The van der Waals surface area contributed by atoms with Crippen LogP contribution in [0.3, 0.4) is 0 Å². The molecule has 1 fully saturated rings. The van der Waals surface area contributed by atoms with Gasteiger partial charge in [0.15, 0.2) is 0 Å². The third-order valence-electron chi connectivity index (χ3n) is 5.23. The van der Waals surface area contributed by atoms with E-state index in [-0.39, 0.29) is 18.0 Å². The molecule has 1 heterocycles. The number of ether oxygens (including phenoxy) is 1. The monoisotopic (exact) mass is 324 g/mol. The third kappa shape index (κ3) is 9.37. The van der Waals surface area contributed by atoms with Gasteiger partial charge in [-0.3, -0.25) is 4.79 Å². The van der Waals surface area contributed by atoms with Gasteiger partial charge in [0.2, 0.25) is 0 Å². The molecule has 0 aromatic rings. The van der Waals surface area contributed by atoms with Crippen LogP contribution >= 0.6 is 0 Å². The number of cyclic esters (lactones) is 1. The predicted molar refractivity (Wildman–Crippen MR) is 98.6 cm³/mol. The summed E-state index contributed by atoms with van der Waals surface area (Å²) >= 11 is 0. The molecule has 1 saturated heterocycles. The standard InChI is InChI=1S/C21H40O2/c1-3-5-7-8-9-10-11-12-13-14-16-18-20-19(21(22)23-20)17-15-6-4-2/h19-20H,3-18H2,1-2H3/t19-,20-/m0/s1. The van der Waals surface area contributed by atoms with Crippen molar-refractivity contribution in [2.24, 2.45) is 5.92 Å². The van der Waals surface area contributed by atoms with Gasteiger partial charge in [0.25, 0.3) is 0 Å². The summed E-state index contributed by atoms with van der Waals surface area (Å²) in [5, 5.41) is 0. The molecule has 23 heavy (non-hydrogen) atoms. The highest BCUT2D eigenvalue weighted by Gasteiger charge is 2.40. The summed E-state index contributed by atoms with van der Waals surface area (Å²) in [6.07, 6.45) is 21.2. The molecule has 0 saturated carbocycles. The van der Waals surface area contributed by atoms with Gasteiger partial charge in [0.1, 0.15) is 6.10 Å². The van der Waals surface area contributed by atoms with Gasteiger partial charge in [-0.25, -0.2) is 0 Å². The second kappa shape index (κ2) is 13.9. The average Bonchev–Trinajstić information content (AvgIpc) is 2.55. The summed E-state index contributed by atoms with van der Waals surface area (Å²) < 4.78 is 5.34. The quantitative estimate of drug-likeness (QED) is 0.230. The molecule has 0 N–H and O–H groups in total. The molecule has 0 amide bonds. The molecule has 0 unspecified atom stereocenters. The van der Waals surface area contributed by atoms with E-state index in [4.69, 9.17) is 4.74 Å². The first-order chi connectivity index (χ1) is 11.3. The van der Waals surface area contributed by atoms with E-state index < -0.39 is 0 Å². The summed E-state index contributed by atoms with van der Waals surface area (Å²) in [7, 11) is 0. The SMILES string of the molecule is CCCCCCCCCCCCC[C@@H]1OC(=O)[C@H]1CCCCC. The van der Waals surface area contributed by atoms with Crippen molar-refractivity contribution < 1.29 is 9.53 Å². The highest BCUT2D eigenvalue weighted by molar-refractivity contribution is 5.78. The molecule has 0 aliphatic carbocycles. The fourth-order valence-electron chi connectivity index (χ4n) is 3.59. The third-order valence-corrected chi connectivity index (χ3v) is 5.23. The minimum absolute atomic E-state index is 0.0641. The van der Waals surface area contributed by atoms with Gasteiger partial charge in [0, 0.05) is 0 Å². The smallest absolute Gasteiger partial charge is 0.313 e. The highest BCUT2D eigenvalue weighted by Crippen LogP contribution is 2.31. The van der Waals surface area contributed by atoms with Gasteiger partial charge >= 0.3 is 5.97 Å². The van der Waals surface area contributed by atoms with E-state index in [1.165, 1.54) is 89.9 Å². The van der Waals surface area contributed by atoms with Crippen molar-refractivity contribution in [3.05, 3.63) is 0 Å². The fraction of sp³-hybridized carbons (Fsp3) is 0.952. The second-order valence-corrected chi connectivity index (χ2v) is 7.40. The number of hydrogen-bond acceptors (Lipinski definition) is 2. The zero-order valence-electron chi connectivity index (χ0n) is 15.8. The molecular weight excluding hydrogens is 284 g/mol. The Bertz CT molecular complexity index is 288. The van der Waals surface area contributed by atoms with Crippen LogP contribution in [0.25, 0.3) is 0 Å². The summed E-state index contributed by atoms with van der Waals surface area (Å²) in [5.74, 6) is 0.291. The molecule has 2 atom stereocenters. The van der Waals surface area contributed by atoms with Crippen molar-refractivity contribution >= 4 is 5.97 Å². The zero-order valence-corrected chi connectivity index (χ0v) is 15.8. The highest BCUT2D eigenvalue weighted by atomic mass is 16.6. The van der Waals surface area contributed by atoms with E-state index in [1.54, 1.807) is 0 Å². The number of rotatable bonds is 16. The van der Waals surface area contributed by atoms with Crippen molar-refractivity contribution in [3.8, 4) is 0 Å². The Morgan fingerprint density at radius 3 is 1.61 bits per heavy atom. The number of carbonyl (C=O) groups is 1. The minimum atomic E-state index is 0.0641. The Balaban J connectivity index is 1.86. The Kier molecular flexibility index (Phi) is 12.4. The van der Waals surface area contributed by atoms with Crippen LogP contribution in [0.5, 0.6) is 0 Å². The molecule has 0 radical (unpaired) electrons. The van der Waals surface area contributed by atoms with E-state index in [9.17, 15) is 4.79 Å². The molecule has 0 aromatic carbocycles. The van der Waals surface area contributed by atoms with Crippen LogP contribution in [0.15, 0.2) is 0 Å². The van der Waals surface area contributed by atoms with Crippen LogP contribution in [0.4, 0.5) is 0 Å². The first-order valence-corrected chi connectivity index (χ1v) is 10.5. The first-order valence-electron chi connectivity index (χ1n) is 10.5. The van der Waals surface area contributed by atoms with Gasteiger partial charge in [-0.05, 0) is 19.3 Å². The molecule has 2 nitrogen and oxygen atoms in total. The van der Waals surface area contributed by atoms with E-state index in [0.717, 1.165) is 12.8 Å². The number of hydrogen-bond donors (Lipinski definition) is 0. The maximum Gasteiger partial charge on any atom is 0.313 e. The average molecular weight is 325 g/mol. The molecule has 1 rings (SSSR count). The molecule has 136 valence electrons. The maximum absolute atomic E-state index is 11.5. The Morgan fingerprint density at radius 1 is 0.652 bits per heavy atom. The number of esters is 1. The van der Waals surface area contributed by atoms with Crippen LogP contribution in [0.2, 0.25) is 0 Å². The lowest BCUT2D eigenvalue weighted by atomic mass is 9.87. The molecule has 0 aromatic heterocycles. The van der Waals surface area contributed by atoms with Crippen LogP contribution in [-0.4, -0.2) is 12.1 Å². The lowest BCUT2D eigenvalue weighted by Crippen LogP contribution is -2.44. The van der Waals surface area contributed by atoms with Crippen molar-refractivity contribution in [2.75, 3.05) is 0 Å². The molecule has 1 aliphatic rings. The molecular formula is C21H40O2. The van der Waals surface area contributed by atoms with Crippen molar-refractivity contribution in [3.63, 3.8) is 0 Å². The summed E-state index contributed by atoms with van der Waals surface area (Å²) in [5.41, 5.74) is 0. The van der Waals surface area contributed by atoms with Crippen LogP contribution in [0, 0.1) is 5.92 Å². The summed E-state index contributed by atoms with van der Waals surface area (Å²) in [4.78, 5) is 11.5. The largest absolute Gasteiger partial charge is 0.461 e. The summed E-state index contributed by atoms with van der Waals surface area (Å²) in [6.45, 7) is 4.49. The second-order valence-electron chi connectivity index (χ2n) is 7.40. The van der Waals surface area contributed by atoms with Crippen LogP contribution in [0.1, 0.15) is 117 Å². The predicted octanol–water partition coefficient (Wildman–Crippen LogP) is 6.81. The summed E-state index contributed by atoms with van der Waals surface area (Å²) in [6, 6.07) is 0. The number of unbranched alkanes of at least 4 members (excludes halogenated alkanes) is 12. The van der Waals surface area contributed by atoms with Gasteiger partial charge in [-0.15, -0.1) is 0 Å². The first kappa shape index (κ1) is 20.5. The zero-order chi connectivity index (χ0) is 16.8.